The van der Waals surface area contributed by atoms with E-state index in [1.54, 1.807) is 10.5 Å². The lowest BCUT2D eigenvalue weighted by Gasteiger charge is -2.31. The normalized spacial score (nSPS) is 16.4. The SMILES string of the molecule is O=S(=O)(Cc1ccccc1)N1CCC(Oc2cnc3ccccc3n2)CC1. The lowest BCUT2D eigenvalue weighted by molar-refractivity contribution is 0.130. The molecule has 1 aliphatic heterocycles. The van der Waals surface area contributed by atoms with Crippen molar-refractivity contribution in [1.29, 1.82) is 0 Å². The van der Waals surface area contributed by atoms with Gasteiger partial charge in [0, 0.05) is 13.1 Å². The molecule has 0 amide bonds. The highest BCUT2D eigenvalue weighted by atomic mass is 32.2. The molecule has 0 saturated carbocycles. The molecule has 7 heteroatoms. The van der Waals surface area contributed by atoms with Crippen LogP contribution in [0.3, 0.4) is 0 Å². The van der Waals surface area contributed by atoms with E-state index < -0.39 is 10.0 Å². The Morgan fingerprint density at radius 2 is 1.63 bits per heavy atom. The number of fused-ring (bicyclic) bond motifs is 1. The van der Waals surface area contributed by atoms with Crippen molar-refractivity contribution < 1.29 is 13.2 Å². The maximum atomic E-state index is 12.6. The summed E-state index contributed by atoms with van der Waals surface area (Å²) in [6.07, 6.45) is 2.86. The Bertz CT molecular complexity index is 1020. The van der Waals surface area contributed by atoms with Crippen molar-refractivity contribution in [2.45, 2.75) is 24.7 Å². The van der Waals surface area contributed by atoms with Gasteiger partial charge in [-0.1, -0.05) is 42.5 Å². The zero-order valence-corrected chi connectivity index (χ0v) is 15.7. The Morgan fingerprint density at radius 3 is 2.37 bits per heavy atom. The minimum atomic E-state index is -3.31. The van der Waals surface area contributed by atoms with Crippen LogP contribution in [0.5, 0.6) is 5.88 Å². The minimum Gasteiger partial charge on any atom is -0.473 e. The van der Waals surface area contributed by atoms with Gasteiger partial charge < -0.3 is 4.74 Å². The van der Waals surface area contributed by atoms with Crippen molar-refractivity contribution >= 4 is 21.1 Å². The Labute approximate surface area is 158 Å². The molecule has 0 aliphatic carbocycles. The highest BCUT2D eigenvalue weighted by molar-refractivity contribution is 7.88. The van der Waals surface area contributed by atoms with Crippen LogP contribution < -0.4 is 4.74 Å². The average molecular weight is 383 g/mol. The molecule has 4 rings (SSSR count). The van der Waals surface area contributed by atoms with Crippen LogP contribution in [0.4, 0.5) is 0 Å². The Balaban J connectivity index is 1.36. The first-order valence-electron chi connectivity index (χ1n) is 9.00. The summed E-state index contributed by atoms with van der Waals surface area (Å²) in [6, 6.07) is 16.9. The van der Waals surface area contributed by atoms with Crippen molar-refractivity contribution in [2.24, 2.45) is 0 Å². The maximum Gasteiger partial charge on any atom is 0.233 e. The summed E-state index contributed by atoms with van der Waals surface area (Å²) in [4.78, 5) is 8.83. The molecule has 2 heterocycles. The summed E-state index contributed by atoms with van der Waals surface area (Å²) < 4.78 is 32.8. The molecule has 0 N–H and O–H groups in total. The first kappa shape index (κ1) is 17.9. The third kappa shape index (κ3) is 4.26. The number of nitrogens with zero attached hydrogens (tertiary/aromatic N) is 3. The van der Waals surface area contributed by atoms with Crippen LogP contribution in [0, 0.1) is 0 Å². The van der Waals surface area contributed by atoms with Gasteiger partial charge in [0.1, 0.15) is 6.10 Å². The number of sulfonamides is 1. The highest BCUT2D eigenvalue weighted by Gasteiger charge is 2.29. The quantitative estimate of drug-likeness (QED) is 0.677. The fourth-order valence-electron chi connectivity index (χ4n) is 3.27. The molecule has 0 bridgehead atoms. The maximum absolute atomic E-state index is 12.6. The van der Waals surface area contributed by atoms with Crippen LogP contribution in [-0.2, 0) is 15.8 Å². The predicted molar refractivity (Wildman–Crippen MR) is 104 cm³/mol. The molecule has 140 valence electrons. The van der Waals surface area contributed by atoms with Gasteiger partial charge in [-0.2, -0.15) is 0 Å². The van der Waals surface area contributed by atoms with Gasteiger partial charge in [0.15, 0.2) is 0 Å². The van der Waals surface area contributed by atoms with Crippen LogP contribution >= 0.6 is 0 Å². The van der Waals surface area contributed by atoms with E-state index in [1.807, 2.05) is 54.6 Å². The summed E-state index contributed by atoms with van der Waals surface area (Å²) in [5, 5.41) is 0. The third-order valence-electron chi connectivity index (χ3n) is 4.70. The van der Waals surface area contributed by atoms with Crippen molar-refractivity contribution in [3.8, 4) is 5.88 Å². The Kier molecular flexibility index (Phi) is 5.05. The Hall–Kier alpha value is -2.51. The second-order valence-electron chi connectivity index (χ2n) is 6.66. The summed E-state index contributed by atoms with van der Waals surface area (Å²) in [6.45, 7) is 0.918. The topological polar surface area (TPSA) is 72.4 Å². The van der Waals surface area contributed by atoms with Crippen LogP contribution in [-0.4, -0.2) is 41.9 Å². The van der Waals surface area contributed by atoms with Gasteiger partial charge in [0.25, 0.3) is 0 Å². The van der Waals surface area contributed by atoms with Crippen molar-refractivity contribution in [3.05, 3.63) is 66.4 Å². The number of hydrogen-bond acceptors (Lipinski definition) is 5. The zero-order valence-electron chi connectivity index (χ0n) is 14.9. The van der Waals surface area contributed by atoms with Crippen LogP contribution in [0.2, 0.25) is 0 Å². The van der Waals surface area contributed by atoms with Crippen LogP contribution in [0.25, 0.3) is 11.0 Å². The van der Waals surface area contributed by atoms with Crippen LogP contribution in [0.1, 0.15) is 18.4 Å². The fraction of sp³-hybridized carbons (Fsp3) is 0.300. The highest BCUT2D eigenvalue weighted by Crippen LogP contribution is 2.22. The second-order valence-corrected chi connectivity index (χ2v) is 8.62. The van der Waals surface area contributed by atoms with E-state index in [0.29, 0.717) is 31.8 Å². The number of benzene rings is 2. The largest absolute Gasteiger partial charge is 0.473 e. The minimum absolute atomic E-state index is 0.0372. The average Bonchev–Trinajstić information content (AvgIpc) is 2.69. The number of ether oxygens (including phenoxy) is 1. The summed E-state index contributed by atoms with van der Waals surface area (Å²) in [7, 11) is -3.31. The molecule has 3 aromatic rings. The Morgan fingerprint density at radius 1 is 0.963 bits per heavy atom. The van der Waals surface area contributed by atoms with E-state index >= 15 is 0 Å². The van der Waals surface area contributed by atoms with E-state index in [4.69, 9.17) is 4.74 Å². The molecule has 1 aliphatic rings. The van der Waals surface area contributed by atoms with Gasteiger partial charge >= 0.3 is 0 Å². The predicted octanol–water partition coefficient (Wildman–Crippen LogP) is 3.00. The van der Waals surface area contributed by atoms with E-state index in [9.17, 15) is 8.42 Å². The third-order valence-corrected chi connectivity index (χ3v) is 6.55. The summed E-state index contributed by atoms with van der Waals surface area (Å²) in [5.74, 6) is 0.523. The van der Waals surface area contributed by atoms with Gasteiger partial charge in [0.2, 0.25) is 15.9 Å². The first-order valence-corrected chi connectivity index (χ1v) is 10.6. The van der Waals surface area contributed by atoms with Gasteiger partial charge in [0.05, 0.1) is 23.0 Å². The second kappa shape index (κ2) is 7.62. The summed E-state index contributed by atoms with van der Waals surface area (Å²) in [5.41, 5.74) is 2.42. The van der Waals surface area contributed by atoms with E-state index in [2.05, 4.69) is 9.97 Å². The standard InChI is InChI=1S/C20H21N3O3S/c24-27(25,15-16-6-2-1-3-7-16)23-12-10-17(11-13-23)26-20-14-21-18-8-4-5-9-19(18)22-20/h1-9,14,17H,10-13,15H2. The van der Waals surface area contributed by atoms with Gasteiger partial charge in [-0.25, -0.2) is 22.7 Å². The molecule has 1 aromatic heterocycles. The zero-order chi connectivity index (χ0) is 18.7. The number of hydrogen-bond donors (Lipinski definition) is 0. The van der Waals surface area contributed by atoms with E-state index in [0.717, 1.165) is 16.6 Å². The molecule has 0 radical (unpaired) electrons. The smallest absolute Gasteiger partial charge is 0.233 e. The number of aromatic nitrogens is 2. The lowest BCUT2D eigenvalue weighted by atomic mass is 10.1. The van der Waals surface area contributed by atoms with Crippen molar-refractivity contribution in [2.75, 3.05) is 13.1 Å². The van der Waals surface area contributed by atoms with Gasteiger partial charge in [-0.05, 0) is 30.5 Å². The fourth-order valence-corrected chi connectivity index (χ4v) is 4.84. The van der Waals surface area contributed by atoms with Crippen molar-refractivity contribution in [3.63, 3.8) is 0 Å². The van der Waals surface area contributed by atoms with Gasteiger partial charge in [-0.3, -0.25) is 0 Å². The van der Waals surface area contributed by atoms with E-state index in [1.165, 1.54) is 0 Å². The first-order chi connectivity index (χ1) is 13.1. The van der Waals surface area contributed by atoms with Crippen LogP contribution in [0.15, 0.2) is 60.8 Å². The number of para-hydroxylation sites is 2. The molecule has 0 spiro atoms. The molecular formula is C20H21N3O3S. The lowest BCUT2D eigenvalue weighted by Crippen LogP contribution is -2.42. The molecule has 27 heavy (non-hydrogen) atoms. The number of piperidine rings is 1. The molecule has 6 nitrogen and oxygen atoms in total. The molecule has 0 atom stereocenters. The molecule has 2 aromatic carbocycles. The van der Waals surface area contributed by atoms with E-state index in [-0.39, 0.29) is 11.9 Å². The molecule has 0 unspecified atom stereocenters. The molecule has 1 fully saturated rings. The van der Waals surface area contributed by atoms with Gasteiger partial charge in [-0.15, -0.1) is 0 Å². The molecule has 1 saturated heterocycles. The van der Waals surface area contributed by atoms with Crippen molar-refractivity contribution in [1.82, 2.24) is 14.3 Å². The summed E-state index contributed by atoms with van der Waals surface area (Å²) >= 11 is 0. The number of rotatable bonds is 5. The molecular weight excluding hydrogens is 362 g/mol. The monoisotopic (exact) mass is 383 g/mol.